The molecule has 0 bridgehead atoms. The number of aliphatic hydroxyl groups is 1. The molecule has 0 radical (unpaired) electrons. The molecular weight excluding hydrogens is 204 g/mol. The number of rotatable bonds is 4. The van der Waals surface area contributed by atoms with E-state index >= 15 is 0 Å². The molecule has 1 aliphatic rings. The lowest BCUT2D eigenvalue weighted by Crippen LogP contribution is -2.22. The van der Waals surface area contributed by atoms with E-state index in [-0.39, 0.29) is 6.61 Å². The van der Waals surface area contributed by atoms with Crippen LogP contribution in [0.4, 0.5) is 5.82 Å². The van der Waals surface area contributed by atoms with Crippen molar-refractivity contribution in [2.75, 3.05) is 25.1 Å². The highest BCUT2D eigenvalue weighted by Gasteiger charge is 2.21. The third-order valence-electron chi connectivity index (χ3n) is 2.97. The molecule has 1 aromatic heterocycles. The Labute approximate surface area is 95.2 Å². The number of nitrogen functional groups attached to an aromatic ring is 1. The highest BCUT2D eigenvalue weighted by Crippen LogP contribution is 2.17. The highest BCUT2D eigenvalue weighted by molar-refractivity contribution is 5.33. The molecule has 1 saturated heterocycles. The SMILES string of the molecule is NNc1cccc(CN2CCC(CO)C2)n1. The number of aromatic nitrogens is 1. The third kappa shape index (κ3) is 2.69. The quantitative estimate of drug-likeness (QED) is 0.500. The average Bonchev–Trinajstić information content (AvgIpc) is 2.77. The molecule has 2 rings (SSSR count). The lowest BCUT2D eigenvalue weighted by atomic mass is 10.1. The highest BCUT2D eigenvalue weighted by atomic mass is 16.3. The molecule has 1 aromatic rings. The number of nitrogens with two attached hydrogens (primary N) is 1. The monoisotopic (exact) mass is 222 g/mol. The molecule has 0 saturated carbocycles. The molecule has 2 heterocycles. The van der Waals surface area contributed by atoms with Crippen LogP contribution in [0.2, 0.25) is 0 Å². The van der Waals surface area contributed by atoms with Crippen molar-refractivity contribution in [3.05, 3.63) is 23.9 Å². The zero-order chi connectivity index (χ0) is 11.4. The smallest absolute Gasteiger partial charge is 0.140 e. The van der Waals surface area contributed by atoms with Gasteiger partial charge in [0, 0.05) is 19.7 Å². The largest absolute Gasteiger partial charge is 0.396 e. The van der Waals surface area contributed by atoms with Crippen LogP contribution in [0, 0.1) is 5.92 Å². The van der Waals surface area contributed by atoms with Crippen LogP contribution in [0.1, 0.15) is 12.1 Å². The second kappa shape index (κ2) is 5.25. The number of pyridine rings is 1. The van der Waals surface area contributed by atoms with Crippen LogP contribution >= 0.6 is 0 Å². The Morgan fingerprint density at radius 2 is 2.44 bits per heavy atom. The first-order valence-corrected chi connectivity index (χ1v) is 5.57. The average molecular weight is 222 g/mol. The van der Waals surface area contributed by atoms with Gasteiger partial charge in [-0.15, -0.1) is 0 Å². The fourth-order valence-electron chi connectivity index (χ4n) is 2.08. The van der Waals surface area contributed by atoms with Crippen molar-refractivity contribution in [1.29, 1.82) is 0 Å². The third-order valence-corrected chi connectivity index (χ3v) is 2.97. The van der Waals surface area contributed by atoms with Crippen LogP contribution in [0.3, 0.4) is 0 Å². The number of nitrogens with one attached hydrogen (secondary N) is 1. The summed E-state index contributed by atoms with van der Waals surface area (Å²) >= 11 is 0. The first kappa shape index (κ1) is 11.3. The Hall–Kier alpha value is -1.17. The van der Waals surface area contributed by atoms with E-state index in [0.29, 0.717) is 11.7 Å². The molecule has 0 amide bonds. The zero-order valence-electron chi connectivity index (χ0n) is 9.26. The molecule has 5 heteroatoms. The van der Waals surface area contributed by atoms with Crippen LogP contribution in [0.25, 0.3) is 0 Å². The maximum absolute atomic E-state index is 9.06. The zero-order valence-corrected chi connectivity index (χ0v) is 9.26. The number of aliphatic hydroxyl groups excluding tert-OH is 1. The van der Waals surface area contributed by atoms with Gasteiger partial charge in [0.2, 0.25) is 0 Å². The van der Waals surface area contributed by atoms with Gasteiger partial charge in [0.1, 0.15) is 5.82 Å². The van der Waals surface area contributed by atoms with Gasteiger partial charge < -0.3 is 10.5 Å². The molecule has 1 fully saturated rings. The van der Waals surface area contributed by atoms with E-state index in [2.05, 4.69) is 15.3 Å². The molecule has 1 unspecified atom stereocenters. The number of nitrogens with zero attached hydrogens (tertiary/aromatic N) is 2. The van der Waals surface area contributed by atoms with Crippen LogP contribution in [-0.4, -0.2) is 34.7 Å². The van der Waals surface area contributed by atoms with Crippen molar-refractivity contribution in [3.63, 3.8) is 0 Å². The summed E-state index contributed by atoms with van der Waals surface area (Å²) in [6.07, 6.45) is 1.07. The van der Waals surface area contributed by atoms with Crippen molar-refractivity contribution >= 4 is 5.82 Å². The summed E-state index contributed by atoms with van der Waals surface area (Å²) in [6, 6.07) is 5.77. The van der Waals surface area contributed by atoms with Crippen molar-refractivity contribution in [3.8, 4) is 0 Å². The van der Waals surface area contributed by atoms with E-state index in [4.69, 9.17) is 10.9 Å². The lowest BCUT2D eigenvalue weighted by molar-refractivity contribution is 0.219. The van der Waals surface area contributed by atoms with Crippen LogP contribution < -0.4 is 11.3 Å². The summed E-state index contributed by atoms with van der Waals surface area (Å²) in [6.45, 7) is 3.10. The molecule has 0 spiro atoms. The van der Waals surface area contributed by atoms with Gasteiger partial charge >= 0.3 is 0 Å². The van der Waals surface area contributed by atoms with Crippen molar-refractivity contribution in [1.82, 2.24) is 9.88 Å². The van der Waals surface area contributed by atoms with E-state index in [0.717, 1.165) is 31.7 Å². The summed E-state index contributed by atoms with van der Waals surface area (Å²) in [5.74, 6) is 6.43. The fourth-order valence-corrected chi connectivity index (χ4v) is 2.08. The van der Waals surface area contributed by atoms with Gasteiger partial charge in [-0.3, -0.25) is 4.90 Å². The van der Waals surface area contributed by atoms with Gasteiger partial charge in [-0.2, -0.15) is 0 Å². The summed E-state index contributed by atoms with van der Waals surface area (Å²) in [4.78, 5) is 6.67. The summed E-state index contributed by atoms with van der Waals surface area (Å²) in [5, 5.41) is 9.06. The predicted molar refractivity (Wildman–Crippen MR) is 62.5 cm³/mol. The van der Waals surface area contributed by atoms with Crippen LogP contribution in [0.15, 0.2) is 18.2 Å². The van der Waals surface area contributed by atoms with E-state index in [1.54, 1.807) is 0 Å². The number of hydrogen-bond acceptors (Lipinski definition) is 5. The first-order valence-electron chi connectivity index (χ1n) is 5.57. The van der Waals surface area contributed by atoms with Gasteiger partial charge in [0.05, 0.1) is 5.69 Å². The number of anilines is 1. The maximum Gasteiger partial charge on any atom is 0.140 e. The fraction of sp³-hybridized carbons (Fsp3) is 0.545. The van der Waals surface area contributed by atoms with Gasteiger partial charge in [0.15, 0.2) is 0 Å². The molecule has 0 aromatic carbocycles. The normalized spacial score (nSPS) is 21.2. The van der Waals surface area contributed by atoms with E-state index in [1.807, 2.05) is 18.2 Å². The standard InChI is InChI=1S/C11H18N4O/c12-14-11-3-1-2-10(13-11)7-15-5-4-9(6-15)8-16/h1-3,9,16H,4-8,12H2,(H,13,14). The summed E-state index contributed by atoms with van der Waals surface area (Å²) < 4.78 is 0. The minimum Gasteiger partial charge on any atom is -0.396 e. The Morgan fingerprint density at radius 1 is 1.56 bits per heavy atom. The molecule has 88 valence electrons. The Bertz CT molecular complexity index is 345. The molecule has 1 atom stereocenters. The van der Waals surface area contributed by atoms with Crippen LogP contribution in [0.5, 0.6) is 0 Å². The van der Waals surface area contributed by atoms with Gasteiger partial charge in [0.25, 0.3) is 0 Å². The maximum atomic E-state index is 9.06. The number of likely N-dealkylation sites (tertiary alicyclic amines) is 1. The summed E-state index contributed by atoms with van der Waals surface area (Å²) in [7, 11) is 0. The van der Waals surface area contributed by atoms with Crippen molar-refractivity contribution in [2.45, 2.75) is 13.0 Å². The lowest BCUT2D eigenvalue weighted by Gasteiger charge is -2.15. The van der Waals surface area contributed by atoms with Gasteiger partial charge in [-0.25, -0.2) is 10.8 Å². The Morgan fingerprint density at radius 3 is 3.12 bits per heavy atom. The molecule has 16 heavy (non-hydrogen) atoms. The number of hydrogen-bond donors (Lipinski definition) is 3. The van der Waals surface area contributed by atoms with Crippen LogP contribution in [-0.2, 0) is 6.54 Å². The van der Waals surface area contributed by atoms with E-state index in [9.17, 15) is 0 Å². The second-order valence-corrected chi connectivity index (χ2v) is 4.23. The van der Waals surface area contributed by atoms with E-state index < -0.39 is 0 Å². The molecule has 1 aliphatic heterocycles. The topological polar surface area (TPSA) is 74.4 Å². The molecular formula is C11H18N4O. The summed E-state index contributed by atoms with van der Waals surface area (Å²) in [5.41, 5.74) is 3.55. The predicted octanol–water partition coefficient (Wildman–Crippen LogP) is 0.181. The molecule has 4 N–H and O–H groups in total. The minimum atomic E-state index is 0.286. The van der Waals surface area contributed by atoms with Gasteiger partial charge in [-0.05, 0) is 31.0 Å². The van der Waals surface area contributed by atoms with Crippen molar-refractivity contribution < 1.29 is 5.11 Å². The minimum absolute atomic E-state index is 0.286. The second-order valence-electron chi connectivity index (χ2n) is 4.23. The van der Waals surface area contributed by atoms with E-state index in [1.165, 1.54) is 0 Å². The number of hydrazine groups is 1. The Balaban J connectivity index is 1.94. The molecule has 0 aliphatic carbocycles. The van der Waals surface area contributed by atoms with Crippen molar-refractivity contribution in [2.24, 2.45) is 11.8 Å². The Kier molecular flexibility index (Phi) is 3.71. The first-order chi connectivity index (χ1) is 7.81. The molecule has 5 nitrogen and oxygen atoms in total. The van der Waals surface area contributed by atoms with Gasteiger partial charge in [-0.1, -0.05) is 6.07 Å².